The van der Waals surface area contributed by atoms with E-state index in [1.807, 2.05) is 11.8 Å². The summed E-state index contributed by atoms with van der Waals surface area (Å²) < 4.78 is 1.24. The van der Waals surface area contributed by atoms with Crippen LogP contribution in [0.1, 0.15) is 18.5 Å². The molecule has 0 atom stereocenters. The van der Waals surface area contributed by atoms with Crippen molar-refractivity contribution in [3.05, 3.63) is 11.1 Å². The largest absolute Gasteiger partial charge is 0.317 e. The van der Waals surface area contributed by atoms with Crippen LogP contribution < -0.4 is 5.32 Å². The van der Waals surface area contributed by atoms with Crippen LogP contribution in [0.15, 0.2) is 9.72 Å². The molecular weight excluding hydrogens is 200 g/mol. The molecule has 0 saturated carbocycles. The molecule has 1 saturated heterocycles. The van der Waals surface area contributed by atoms with Crippen LogP contribution in [0.25, 0.3) is 0 Å². The number of hydrogen-bond donors (Lipinski definition) is 1. The number of aryl methyl sites for hydroxylation is 1. The zero-order chi connectivity index (χ0) is 9.10. The molecule has 0 spiro atoms. The second-order valence-electron chi connectivity index (χ2n) is 3.32. The Kier molecular flexibility index (Phi) is 3.24. The van der Waals surface area contributed by atoms with Gasteiger partial charge in [-0.15, -0.1) is 11.3 Å². The third-order valence-corrected chi connectivity index (χ3v) is 4.58. The smallest absolute Gasteiger partial charge is 0.150 e. The van der Waals surface area contributed by atoms with Crippen LogP contribution in [0.5, 0.6) is 0 Å². The van der Waals surface area contributed by atoms with Gasteiger partial charge in [-0.05, 0) is 32.9 Å². The number of aromatic nitrogens is 1. The number of nitrogens with zero attached hydrogens (tertiary/aromatic N) is 1. The summed E-state index contributed by atoms with van der Waals surface area (Å²) in [6, 6.07) is 0. The van der Waals surface area contributed by atoms with Crippen molar-refractivity contribution in [2.24, 2.45) is 0 Å². The van der Waals surface area contributed by atoms with Gasteiger partial charge in [0.05, 0.1) is 0 Å². The van der Waals surface area contributed by atoms with E-state index in [4.69, 9.17) is 0 Å². The lowest BCUT2D eigenvalue weighted by atomic mass is 10.2. The van der Waals surface area contributed by atoms with Crippen molar-refractivity contribution in [1.29, 1.82) is 0 Å². The Bertz CT molecular complexity index is 266. The van der Waals surface area contributed by atoms with Crippen LogP contribution in [-0.4, -0.2) is 23.3 Å². The minimum absolute atomic E-state index is 0.784. The predicted molar refractivity (Wildman–Crippen MR) is 58.6 cm³/mol. The zero-order valence-corrected chi connectivity index (χ0v) is 9.38. The van der Waals surface area contributed by atoms with Gasteiger partial charge in [-0.2, -0.15) is 0 Å². The Hall–Kier alpha value is -0.0600. The number of piperidine rings is 1. The van der Waals surface area contributed by atoms with E-state index in [1.165, 1.54) is 30.3 Å². The number of thiazole rings is 1. The van der Waals surface area contributed by atoms with Crippen LogP contribution in [0.3, 0.4) is 0 Å². The Balaban J connectivity index is 1.89. The first-order chi connectivity index (χ1) is 6.34. The fourth-order valence-electron chi connectivity index (χ4n) is 1.44. The van der Waals surface area contributed by atoms with Gasteiger partial charge in [-0.25, -0.2) is 4.98 Å². The Morgan fingerprint density at radius 3 is 2.92 bits per heavy atom. The predicted octanol–water partition coefficient (Wildman–Crippen LogP) is 2.30. The van der Waals surface area contributed by atoms with E-state index < -0.39 is 0 Å². The third-order valence-electron chi connectivity index (χ3n) is 2.15. The summed E-state index contributed by atoms with van der Waals surface area (Å²) in [6.07, 6.45) is 2.56. The fraction of sp³-hybridized carbons (Fsp3) is 0.667. The molecule has 0 aromatic carbocycles. The van der Waals surface area contributed by atoms with E-state index in [-0.39, 0.29) is 0 Å². The average Bonchev–Trinajstić information content (AvgIpc) is 2.53. The molecule has 2 heterocycles. The van der Waals surface area contributed by atoms with E-state index in [9.17, 15) is 0 Å². The molecule has 2 nitrogen and oxygen atoms in total. The van der Waals surface area contributed by atoms with E-state index in [0.717, 1.165) is 10.9 Å². The van der Waals surface area contributed by atoms with Crippen LogP contribution >= 0.6 is 23.1 Å². The van der Waals surface area contributed by atoms with Gasteiger partial charge in [-0.3, -0.25) is 0 Å². The Morgan fingerprint density at radius 2 is 2.31 bits per heavy atom. The van der Waals surface area contributed by atoms with Crippen LogP contribution in [0.2, 0.25) is 0 Å². The lowest BCUT2D eigenvalue weighted by Crippen LogP contribution is -2.29. The molecule has 2 rings (SSSR count). The molecule has 0 unspecified atom stereocenters. The second-order valence-corrected chi connectivity index (χ2v) is 5.73. The maximum absolute atomic E-state index is 4.47. The quantitative estimate of drug-likeness (QED) is 0.817. The fourth-order valence-corrected chi connectivity index (χ4v) is 3.69. The monoisotopic (exact) mass is 214 g/mol. The molecule has 13 heavy (non-hydrogen) atoms. The highest BCUT2D eigenvalue weighted by Gasteiger charge is 2.15. The summed E-state index contributed by atoms with van der Waals surface area (Å²) in [7, 11) is 0. The summed E-state index contributed by atoms with van der Waals surface area (Å²) in [5.41, 5.74) is 1.15. The topological polar surface area (TPSA) is 24.9 Å². The number of nitrogens with one attached hydrogen (secondary N) is 1. The van der Waals surface area contributed by atoms with Crippen LogP contribution in [-0.2, 0) is 0 Å². The molecule has 1 fully saturated rings. The average molecular weight is 214 g/mol. The van der Waals surface area contributed by atoms with Crippen molar-refractivity contribution in [1.82, 2.24) is 10.3 Å². The lowest BCUT2D eigenvalue weighted by Gasteiger charge is -2.20. The molecule has 1 aliphatic heterocycles. The van der Waals surface area contributed by atoms with Gasteiger partial charge in [0.25, 0.3) is 0 Å². The Labute approximate surface area is 87.1 Å². The van der Waals surface area contributed by atoms with Crippen molar-refractivity contribution >= 4 is 23.1 Å². The highest BCUT2D eigenvalue weighted by Crippen LogP contribution is 2.30. The second kappa shape index (κ2) is 4.44. The van der Waals surface area contributed by atoms with E-state index in [1.54, 1.807) is 11.3 Å². The first-order valence-corrected chi connectivity index (χ1v) is 6.40. The van der Waals surface area contributed by atoms with Crippen molar-refractivity contribution < 1.29 is 0 Å². The van der Waals surface area contributed by atoms with Crippen molar-refractivity contribution in [3.63, 3.8) is 0 Å². The Morgan fingerprint density at radius 1 is 1.54 bits per heavy atom. The molecule has 1 N–H and O–H groups in total. The summed E-state index contributed by atoms with van der Waals surface area (Å²) in [4.78, 5) is 4.47. The first kappa shape index (κ1) is 9.49. The van der Waals surface area contributed by atoms with Gasteiger partial charge in [0.15, 0.2) is 0 Å². The maximum Gasteiger partial charge on any atom is 0.150 e. The standard InChI is InChI=1S/C9H14N2S2/c1-7-6-12-9(11-7)13-8-2-4-10-5-3-8/h6,8,10H,2-5H2,1H3. The van der Waals surface area contributed by atoms with Gasteiger partial charge < -0.3 is 5.32 Å². The van der Waals surface area contributed by atoms with E-state index in [2.05, 4.69) is 22.6 Å². The molecule has 0 radical (unpaired) electrons. The summed E-state index contributed by atoms with van der Waals surface area (Å²) >= 11 is 3.73. The number of rotatable bonds is 2. The van der Waals surface area contributed by atoms with E-state index in [0.29, 0.717) is 0 Å². The van der Waals surface area contributed by atoms with Gasteiger partial charge in [0, 0.05) is 16.3 Å². The normalized spacial score (nSPS) is 19.2. The molecule has 1 aromatic heterocycles. The number of hydrogen-bond acceptors (Lipinski definition) is 4. The minimum Gasteiger partial charge on any atom is -0.317 e. The van der Waals surface area contributed by atoms with Crippen molar-refractivity contribution in [2.45, 2.75) is 29.4 Å². The highest BCUT2D eigenvalue weighted by atomic mass is 32.2. The molecular formula is C9H14N2S2. The van der Waals surface area contributed by atoms with Gasteiger partial charge in [0.1, 0.15) is 4.34 Å². The number of thioether (sulfide) groups is 1. The van der Waals surface area contributed by atoms with Crippen LogP contribution in [0.4, 0.5) is 0 Å². The SMILES string of the molecule is Cc1csc(SC2CCNCC2)n1. The maximum atomic E-state index is 4.47. The van der Waals surface area contributed by atoms with Crippen molar-refractivity contribution in [3.8, 4) is 0 Å². The van der Waals surface area contributed by atoms with Gasteiger partial charge in [-0.1, -0.05) is 11.8 Å². The first-order valence-electron chi connectivity index (χ1n) is 4.64. The molecule has 4 heteroatoms. The third kappa shape index (κ3) is 2.69. The van der Waals surface area contributed by atoms with Crippen LogP contribution in [0, 0.1) is 6.92 Å². The van der Waals surface area contributed by atoms with Gasteiger partial charge >= 0.3 is 0 Å². The van der Waals surface area contributed by atoms with Gasteiger partial charge in [0.2, 0.25) is 0 Å². The lowest BCUT2D eigenvalue weighted by molar-refractivity contribution is 0.531. The molecule has 1 aliphatic rings. The summed E-state index contributed by atoms with van der Waals surface area (Å²) in [5, 5.41) is 6.29. The molecule has 72 valence electrons. The molecule has 0 bridgehead atoms. The summed E-state index contributed by atoms with van der Waals surface area (Å²) in [6.45, 7) is 4.40. The molecule has 0 aliphatic carbocycles. The van der Waals surface area contributed by atoms with E-state index >= 15 is 0 Å². The van der Waals surface area contributed by atoms with Crippen molar-refractivity contribution in [2.75, 3.05) is 13.1 Å². The minimum atomic E-state index is 0.784. The molecule has 1 aromatic rings. The molecule has 0 amide bonds. The highest BCUT2D eigenvalue weighted by molar-refractivity contribution is 8.01. The zero-order valence-electron chi connectivity index (χ0n) is 7.75. The summed E-state index contributed by atoms with van der Waals surface area (Å²) in [5.74, 6) is 0.